The summed E-state index contributed by atoms with van der Waals surface area (Å²) in [6, 6.07) is 3.48. The van der Waals surface area contributed by atoms with Gasteiger partial charge in [-0.3, -0.25) is 0 Å². The van der Waals surface area contributed by atoms with E-state index in [-0.39, 0.29) is 6.61 Å². The van der Waals surface area contributed by atoms with Crippen LogP contribution in [0.15, 0.2) is 24.5 Å². The quantitative estimate of drug-likeness (QED) is 0.503. The van der Waals surface area contributed by atoms with Crippen LogP contribution in [0.2, 0.25) is 0 Å². The van der Waals surface area contributed by atoms with Gasteiger partial charge in [0, 0.05) is 17.8 Å². The average Bonchev–Trinajstić information content (AvgIpc) is 2.09. The van der Waals surface area contributed by atoms with Crippen molar-refractivity contribution in [3.63, 3.8) is 0 Å². The molecule has 1 unspecified atom stereocenters. The molecule has 4 N–H and O–H groups in total. The van der Waals surface area contributed by atoms with Gasteiger partial charge < -0.3 is 15.9 Å². The molecule has 0 saturated carbocycles. The molecule has 0 aliphatic carbocycles. The number of nitrogens with two attached hydrogens (primary N) is 1. The molecule has 1 heterocycles. The normalized spacial score (nSPS) is 12.8. The Hall–Kier alpha value is -1.13. The van der Waals surface area contributed by atoms with E-state index in [0.29, 0.717) is 12.2 Å². The van der Waals surface area contributed by atoms with E-state index >= 15 is 0 Å². The maximum Gasteiger partial charge on any atom is 0.176 e. The molecule has 1 aromatic rings. The van der Waals surface area contributed by atoms with E-state index < -0.39 is 6.10 Å². The van der Waals surface area contributed by atoms with Gasteiger partial charge in [0.15, 0.2) is 18.9 Å². The lowest BCUT2D eigenvalue weighted by Crippen LogP contribution is -2.40. The molecule has 1 atom stereocenters. The minimum Gasteiger partial charge on any atom is -0.398 e. The van der Waals surface area contributed by atoms with Crippen molar-refractivity contribution in [3.8, 4) is 0 Å². The van der Waals surface area contributed by atoms with Gasteiger partial charge in [-0.1, -0.05) is 0 Å². The molecule has 0 aliphatic heterocycles. The van der Waals surface area contributed by atoms with Crippen molar-refractivity contribution >= 4 is 5.69 Å². The fourth-order valence-electron chi connectivity index (χ4n) is 0.892. The summed E-state index contributed by atoms with van der Waals surface area (Å²) in [5, 5.41) is 17.6. The van der Waals surface area contributed by atoms with Crippen molar-refractivity contribution < 1.29 is 14.8 Å². The van der Waals surface area contributed by atoms with Crippen LogP contribution in [0.1, 0.15) is 0 Å². The largest absolute Gasteiger partial charge is 0.398 e. The first-order valence-corrected chi connectivity index (χ1v) is 3.76. The maximum absolute atomic E-state index is 9.08. The third-order valence-corrected chi connectivity index (χ3v) is 1.55. The highest BCUT2D eigenvalue weighted by molar-refractivity contribution is 5.32. The van der Waals surface area contributed by atoms with Crippen molar-refractivity contribution in [3.05, 3.63) is 24.5 Å². The smallest absolute Gasteiger partial charge is 0.176 e. The molecule has 0 bridgehead atoms. The second kappa shape index (κ2) is 4.04. The van der Waals surface area contributed by atoms with Crippen LogP contribution in [-0.2, 0) is 6.54 Å². The molecule has 0 radical (unpaired) electrons. The minimum atomic E-state index is -0.710. The number of aliphatic hydroxyl groups excluding tert-OH is 2. The van der Waals surface area contributed by atoms with Crippen LogP contribution in [0.4, 0.5) is 5.69 Å². The van der Waals surface area contributed by atoms with Crippen LogP contribution in [-0.4, -0.2) is 22.9 Å². The van der Waals surface area contributed by atoms with Gasteiger partial charge in [-0.05, 0) is 0 Å². The number of pyridine rings is 1. The number of rotatable bonds is 3. The van der Waals surface area contributed by atoms with E-state index in [1.54, 1.807) is 29.1 Å². The molecule has 66 valence electrons. The van der Waals surface area contributed by atoms with Gasteiger partial charge in [-0.15, -0.1) is 0 Å². The summed E-state index contributed by atoms with van der Waals surface area (Å²) in [6.07, 6.45) is 2.81. The number of nitrogen functional groups attached to an aromatic ring is 1. The van der Waals surface area contributed by atoms with Crippen LogP contribution in [0, 0.1) is 0 Å². The van der Waals surface area contributed by atoms with Crippen LogP contribution < -0.4 is 10.3 Å². The summed E-state index contributed by atoms with van der Waals surface area (Å²) in [4.78, 5) is 0. The summed E-state index contributed by atoms with van der Waals surface area (Å²) < 4.78 is 1.76. The SMILES string of the molecule is Nc1cc[n+](CC(O)CO)cc1. The molecule has 0 aromatic carbocycles. The molecular weight excluding hydrogens is 156 g/mol. The predicted octanol–water partition coefficient (Wildman–Crippen LogP) is -1.09. The van der Waals surface area contributed by atoms with Gasteiger partial charge in [0.1, 0.15) is 6.10 Å². The molecule has 12 heavy (non-hydrogen) atoms. The lowest BCUT2D eigenvalue weighted by molar-refractivity contribution is -0.703. The van der Waals surface area contributed by atoms with Crippen molar-refractivity contribution in [1.82, 2.24) is 0 Å². The summed E-state index contributed by atoms with van der Waals surface area (Å²) in [5.41, 5.74) is 6.15. The first-order valence-electron chi connectivity index (χ1n) is 3.76. The van der Waals surface area contributed by atoms with E-state index in [2.05, 4.69) is 0 Å². The van der Waals surface area contributed by atoms with E-state index in [0.717, 1.165) is 0 Å². The van der Waals surface area contributed by atoms with Crippen molar-refractivity contribution in [2.24, 2.45) is 0 Å². The van der Waals surface area contributed by atoms with E-state index in [1.165, 1.54) is 0 Å². The lowest BCUT2D eigenvalue weighted by Gasteiger charge is -2.01. The number of hydrogen-bond acceptors (Lipinski definition) is 3. The van der Waals surface area contributed by atoms with Crippen molar-refractivity contribution in [2.45, 2.75) is 12.6 Å². The fourth-order valence-corrected chi connectivity index (χ4v) is 0.892. The van der Waals surface area contributed by atoms with E-state index in [4.69, 9.17) is 15.9 Å². The zero-order valence-corrected chi connectivity index (χ0v) is 6.72. The van der Waals surface area contributed by atoms with Crippen molar-refractivity contribution in [1.29, 1.82) is 0 Å². The molecule has 4 heteroatoms. The Bertz CT molecular complexity index is 235. The number of hydrogen-bond donors (Lipinski definition) is 3. The first kappa shape index (κ1) is 8.96. The second-order valence-corrected chi connectivity index (χ2v) is 2.66. The molecule has 0 spiro atoms. The Labute approximate surface area is 70.9 Å². The Kier molecular flexibility index (Phi) is 3.01. The monoisotopic (exact) mass is 169 g/mol. The van der Waals surface area contributed by atoms with Crippen LogP contribution in [0.25, 0.3) is 0 Å². The Morgan fingerprint density at radius 1 is 1.42 bits per heavy atom. The third-order valence-electron chi connectivity index (χ3n) is 1.55. The Morgan fingerprint density at radius 3 is 2.50 bits per heavy atom. The van der Waals surface area contributed by atoms with Crippen molar-refractivity contribution in [2.75, 3.05) is 12.3 Å². The number of aromatic nitrogens is 1. The molecule has 0 amide bonds. The molecule has 4 nitrogen and oxygen atoms in total. The molecule has 0 aliphatic rings. The average molecular weight is 169 g/mol. The summed E-state index contributed by atoms with van der Waals surface area (Å²) in [5.74, 6) is 0. The number of anilines is 1. The second-order valence-electron chi connectivity index (χ2n) is 2.66. The number of nitrogens with zero attached hydrogens (tertiary/aromatic N) is 1. The molecular formula is C8H13N2O2+. The summed E-state index contributed by atoms with van der Waals surface area (Å²) in [7, 11) is 0. The first-order chi connectivity index (χ1) is 5.72. The zero-order chi connectivity index (χ0) is 8.97. The Morgan fingerprint density at radius 2 is 2.00 bits per heavy atom. The van der Waals surface area contributed by atoms with Gasteiger partial charge >= 0.3 is 0 Å². The topological polar surface area (TPSA) is 70.4 Å². The molecule has 1 rings (SSSR count). The maximum atomic E-state index is 9.08. The predicted molar refractivity (Wildman–Crippen MR) is 44.1 cm³/mol. The lowest BCUT2D eigenvalue weighted by atomic mass is 10.3. The van der Waals surface area contributed by atoms with Gasteiger partial charge in [-0.25, -0.2) is 4.57 Å². The Balaban J connectivity index is 2.58. The minimum absolute atomic E-state index is 0.225. The van der Waals surface area contributed by atoms with Crippen LogP contribution in [0.3, 0.4) is 0 Å². The zero-order valence-electron chi connectivity index (χ0n) is 6.72. The highest BCUT2D eigenvalue weighted by Crippen LogP contribution is 1.93. The molecule has 1 aromatic heterocycles. The third kappa shape index (κ3) is 2.48. The van der Waals surface area contributed by atoms with Crippen LogP contribution >= 0.6 is 0 Å². The van der Waals surface area contributed by atoms with E-state index in [9.17, 15) is 0 Å². The molecule has 0 saturated heterocycles. The highest BCUT2D eigenvalue weighted by Gasteiger charge is 2.08. The van der Waals surface area contributed by atoms with Gasteiger partial charge in [0.05, 0.1) is 6.61 Å². The summed E-state index contributed by atoms with van der Waals surface area (Å²) >= 11 is 0. The standard InChI is InChI=1S/C8H12N2O2/c9-7-1-3-10(4-2-7)5-8(12)6-11/h1-4,8-9,11-12H,5-6H2/p+1. The highest BCUT2D eigenvalue weighted by atomic mass is 16.3. The van der Waals surface area contributed by atoms with Crippen LogP contribution in [0.5, 0.6) is 0 Å². The number of aliphatic hydroxyl groups is 2. The van der Waals surface area contributed by atoms with Gasteiger partial charge in [0.2, 0.25) is 0 Å². The van der Waals surface area contributed by atoms with E-state index in [1.807, 2.05) is 0 Å². The fraction of sp³-hybridized carbons (Fsp3) is 0.375. The summed E-state index contributed by atoms with van der Waals surface area (Å²) in [6.45, 7) is 0.161. The van der Waals surface area contributed by atoms with Gasteiger partial charge in [0.25, 0.3) is 0 Å². The van der Waals surface area contributed by atoms with Gasteiger partial charge in [-0.2, -0.15) is 0 Å². The molecule has 0 fully saturated rings.